The number of aliphatic hydroxyl groups is 1. The lowest BCUT2D eigenvalue weighted by atomic mass is 10.2. The minimum atomic E-state index is -0.545. The van der Waals surface area contributed by atoms with Crippen LogP contribution in [0.25, 0.3) is 0 Å². The van der Waals surface area contributed by atoms with E-state index in [2.05, 4.69) is 20.9 Å². The van der Waals surface area contributed by atoms with Gasteiger partial charge in [0.25, 0.3) is 0 Å². The molecule has 0 saturated carbocycles. The van der Waals surface area contributed by atoms with Crippen molar-refractivity contribution in [3.05, 3.63) is 16.2 Å². The normalized spacial score (nSPS) is 12.5. The number of aromatic nitrogens is 1. The number of rotatable bonds is 5. The van der Waals surface area contributed by atoms with Crippen LogP contribution in [-0.4, -0.2) is 43.5 Å². The van der Waals surface area contributed by atoms with Crippen LogP contribution in [0.5, 0.6) is 0 Å². The Morgan fingerprint density at radius 2 is 2.29 bits per heavy atom. The molecule has 3 N–H and O–H groups in total. The summed E-state index contributed by atoms with van der Waals surface area (Å²) < 4.78 is 5.74. The molecule has 1 atom stereocenters. The van der Waals surface area contributed by atoms with Gasteiger partial charge >= 0.3 is 0 Å². The summed E-state index contributed by atoms with van der Waals surface area (Å²) in [6, 6.07) is 0. The molecule has 0 spiro atoms. The van der Waals surface area contributed by atoms with Gasteiger partial charge in [-0.15, -0.1) is 0 Å². The number of pyridine rings is 1. The highest BCUT2D eigenvalue weighted by molar-refractivity contribution is 9.10. The second kappa shape index (κ2) is 6.18. The van der Waals surface area contributed by atoms with Gasteiger partial charge in [-0.2, -0.15) is 0 Å². The highest BCUT2D eigenvalue weighted by atomic mass is 79.9. The van der Waals surface area contributed by atoms with Gasteiger partial charge < -0.3 is 20.5 Å². The Bertz CT molecular complexity index is 387. The van der Waals surface area contributed by atoms with Crippen molar-refractivity contribution in [3.8, 4) is 0 Å². The summed E-state index contributed by atoms with van der Waals surface area (Å²) in [6.45, 7) is 2.67. The van der Waals surface area contributed by atoms with Gasteiger partial charge in [0.15, 0.2) is 0 Å². The Labute approximate surface area is 110 Å². The number of nitrogens with zero attached hydrogens (tertiary/aromatic N) is 2. The fourth-order valence-corrected chi connectivity index (χ4v) is 2.13. The second-order valence-corrected chi connectivity index (χ2v) is 4.76. The molecule has 0 amide bonds. The molecule has 0 bridgehead atoms. The number of hydrogen-bond acceptors (Lipinski definition) is 5. The topological polar surface area (TPSA) is 71.6 Å². The van der Waals surface area contributed by atoms with Crippen LogP contribution in [0.1, 0.15) is 5.56 Å². The van der Waals surface area contributed by atoms with Crippen molar-refractivity contribution in [3.63, 3.8) is 0 Å². The van der Waals surface area contributed by atoms with Gasteiger partial charge in [-0.25, -0.2) is 4.98 Å². The Balaban J connectivity index is 2.82. The summed E-state index contributed by atoms with van der Waals surface area (Å²) in [4.78, 5) is 6.12. The molecule has 0 fully saturated rings. The van der Waals surface area contributed by atoms with E-state index in [-0.39, 0.29) is 0 Å². The zero-order chi connectivity index (χ0) is 13.0. The number of nitrogen functional groups attached to an aromatic ring is 1. The summed E-state index contributed by atoms with van der Waals surface area (Å²) in [5.41, 5.74) is 7.35. The van der Waals surface area contributed by atoms with Crippen LogP contribution in [0.3, 0.4) is 0 Å². The number of aliphatic hydroxyl groups excluding tert-OH is 1. The molecular formula is C11H18BrN3O2. The highest BCUT2D eigenvalue weighted by Gasteiger charge is 2.14. The van der Waals surface area contributed by atoms with Crippen molar-refractivity contribution in [1.82, 2.24) is 4.98 Å². The number of hydrogen-bond donors (Lipinski definition) is 2. The van der Waals surface area contributed by atoms with E-state index in [0.717, 1.165) is 15.9 Å². The van der Waals surface area contributed by atoms with E-state index in [0.29, 0.717) is 18.8 Å². The third kappa shape index (κ3) is 3.55. The zero-order valence-corrected chi connectivity index (χ0v) is 11.9. The smallest absolute Gasteiger partial charge is 0.143 e. The molecule has 1 aromatic heterocycles. The van der Waals surface area contributed by atoms with Crippen molar-refractivity contribution < 1.29 is 9.84 Å². The van der Waals surface area contributed by atoms with Crippen molar-refractivity contribution in [2.24, 2.45) is 0 Å². The molecule has 96 valence electrons. The standard InChI is InChI=1S/C11H18BrN3O2/c1-7-9(13)4-14-11(10(7)12)15(2)5-8(16)6-17-3/h4,8,16H,5-6,13H2,1-3H3. The fraction of sp³-hybridized carbons (Fsp3) is 0.545. The predicted molar refractivity (Wildman–Crippen MR) is 72.2 cm³/mol. The van der Waals surface area contributed by atoms with E-state index >= 15 is 0 Å². The average Bonchev–Trinajstić information content (AvgIpc) is 2.26. The van der Waals surface area contributed by atoms with Crippen LogP contribution in [0.2, 0.25) is 0 Å². The average molecular weight is 304 g/mol. The lowest BCUT2D eigenvalue weighted by molar-refractivity contribution is 0.0694. The monoisotopic (exact) mass is 303 g/mol. The quantitative estimate of drug-likeness (QED) is 0.854. The SMILES string of the molecule is COCC(O)CN(C)c1ncc(N)c(C)c1Br. The largest absolute Gasteiger partial charge is 0.397 e. The van der Waals surface area contributed by atoms with E-state index in [1.165, 1.54) is 0 Å². The van der Waals surface area contributed by atoms with Gasteiger partial charge in [-0.1, -0.05) is 0 Å². The molecule has 6 heteroatoms. The molecule has 0 aliphatic rings. The molecule has 1 rings (SSSR count). The van der Waals surface area contributed by atoms with Crippen LogP contribution < -0.4 is 10.6 Å². The second-order valence-electron chi connectivity index (χ2n) is 3.97. The summed E-state index contributed by atoms with van der Waals surface area (Å²) >= 11 is 3.46. The van der Waals surface area contributed by atoms with Crippen molar-refractivity contribution >= 4 is 27.4 Å². The first-order valence-electron chi connectivity index (χ1n) is 5.26. The van der Waals surface area contributed by atoms with Gasteiger partial charge in [-0.3, -0.25) is 0 Å². The summed E-state index contributed by atoms with van der Waals surface area (Å²) in [5, 5.41) is 9.66. The van der Waals surface area contributed by atoms with Crippen molar-refractivity contribution in [1.29, 1.82) is 0 Å². The molecule has 1 aromatic rings. The minimum absolute atomic E-state index is 0.302. The first-order valence-corrected chi connectivity index (χ1v) is 6.05. The summed E-state index contributed by atoms with van der Waals surface area (Å²) in [6.07, 6.45) is 1.07. The highest BCUT2D eigenvalue weighted by Crippen LogP contribution is 2.29. The van der Waals surface area contributed by atoms with E-state index < -0.39 is 6.10 Å². The van der Waals surface area contributed by atoms with E-state index in [4.69, 9.17) is 10.5 Å². The number of nitrogens with two attached hydrogens (primary N) is 1. The molecule has 17 heavy (non-hydrogen) atoms. The molecule has 0 radical (unpaired) electrons. The fourth-order valence-electron chi connectivity index (χ4n) is 1.49. The number of anilines is 2. The lowest BCUT2D eigenvalue weighted by Gasteiger charge is -2.23. The molecule has 5 nitrogen and oxygen atoms in total. The van der Waals surface area contributed by atoms with Gasteiger partial charge in [0.2, 0.25) is 0 Å². The van der Waals surface area contributed by atoms with E-state index in [9.17, 15) is 5.11 Å². The number of methoxy groups -OCH3 is 1. The van der Waals surface area contributed by atoms with E-state index in [1.54, 1.807) is 13.3 Å². The van der Waals surface area contributed by atoms with Crippen LogP contribution in [0.4, 0.5) is 11.5 Å². The van der Waals surface area contributed by atoms with E-state index in [1.807, 2.05) is 18.9 Å². The van der Waals surface area contributed by atoms with Gasteiger partial charge in [-0.05, 0) is 28.4 Å². The number of likely N-dealkylation sites (N-methyl/N-ethyl adjacent to an activating group) is 1. The van der Waals surface area contributed by atoms with Gasteiger partial charge in [0.05, 0.1) is 29.1 Å². The third-order valence-corrected chi connectivity index (χ3v) is 3.44. The maximum atomic E-state index is 9.66. The summed E-state index contributed by atoms with van der Waals surface area (Å²) in [7, 11) is 3.42. The van der Waals surface area contributed by atoms with Crippen LogP contribution in [0.15, 0.2) is 10.7 Å². The number of halogens is 1. The molecule has 0 aromatic carbocycles. The first-order chi connectivity index (χ1) is 7.97. The Kier molecular flexibility index (Phi) is 5.17. The summed E-state index contributed by atoms with van der Waals surface area (Å²) in [5.74, 6) is 0.756. The van der Waals surface area contributed by atoms with Crippen LogP contribution >= 0.6 is 15.9 Å². The Hall–Kier alpha value is -0.850. The Morgan fingerprint density at radius 1 is 1.65 bits per heavy atom. The van der Waals surface area contributed by atoms with Crippen molar-refractivity contribution in [2.75, 3.05) is 37.9 Å². The lowest BCUT2D eigenvalue weighted by Crippen LogP contribution is -2.32. The molecule has 0 aliphatic carbocycles. The maximum absolute atomic E-state index is 9.66. The third-order valence-electron chi connectivity index (χ3n) is 2.49. The molecule has 1 heterocycles. The van der Waals surface area contributed by atoms with Crippen LogP contribution in [0, 0.1) is 6.92 Å². The predicted octanol–water partition coefficient (Wildman–Crippen LogP) is 1.18. The molecule has 0 aliphatic heterocycles. The molecular weight excluding hydrogens is 286 g/mol. The zero-order valence-electron chi connectivity index (χ0n) is 10.3. The van der Waals surface area contributed by atoms with Gasteiger partial charge in [0, 0.05) is 20.7 Å². The van der Waals surface area contributed by atoms with Gasteiger partial charge in [0.1, 0.15) is 5.82 Å². The molecule has 0 saturated heterocycles. The molecule has 1 unspecified atom stereocenters. The number of ether oxygens (including phenoxy) is 1. The Morgan fingerprint density at radius 3 is 2.88 bits per heavy atom. The minimum Gasteiger partial charge on any atom is -0.397 e. The van der Waals surface area contributed by atoms with Crippen molar-refractivity contribution in [2.45, 2.75) is 13.0 Å². The maximum Gasteiger partial charge on any atom is 0.143 e. The van der Waals surface area contributed by atoms with Crippen LogP contribution in [-0.2, 0) is 4.74 Å². The first kappa shape index (κ1) is 14.2.